The number of anilines is 1. The van der Waals surface area contributed by atoms with Crippen molar-refractivity contribution in [2.24, 2.45) is 5.92 Å². The Kier molecular flexibility index (Phi) is 3.44. The number of imidazole rings is 1. The summed E-state index contributed by atoms with van der Waals surface area (Å²) in [6.45, 7) is 5.91. The number of aromatic nitrogens is 2. The molecule has 3 heterocycles. The van der Waals surface area contributed by atoms with Crippen LogP contribution in [0.3, 0.4) is 0 Å². The van der Waals surface area contributed by atoms with E-state index in [-0.39, 0.29) is 5.91 Å². The number of carbonyl (C=O) groups is 1. The molecule has 1 aromatic heterocycles. The molecule has 0 radical (unpaired) electrons. The van der Waals surface area contributed by atoms with E-state index < -0.39 is 0 Å². The van der Waals surface area contributed by atoms with Crippen molar-refractivity contribution in [2.45, 2.75) is 39.2 Å². The van der Waals surface area contributed by atoms with Crippen molar-refractivity contribution in [1.29, 1.82) is 0 Å². The van der Waals surface area contributed by atoms with Gasteiger partial charge in [0.2, 0.25) is 5.95 Å². The summed E-state index contributed by atoms with van der Waals surface area (Å²) < 4.78 is 2.05. The first-order chi connectivity index (χ1) is 9.28. The average Bonchev–Trinajstić information content (AvgIpc) is 2.90. The fourth-order valence-corrected chi connectivity index (χ4v) is 2.99. The van der Waals surface area contributed by atoms with Gasteiger partial charge in [0.05, 0.1) is 0 Å². The van der Waals surface area contributed by atoms with Gasteiger partial charge in [0.25, 0.3) is 5.91 Å². The molecule has 1 aromatic rings. The molecule has 1 fully saturated rings. The quantitative estimate of drug-likeness (QED) is 0.886. The van der Waals surface area contributed by atoms with Gasteiger partial charge in [-0.1, -0.05) is 13.3 Å². The van der Waals surface area contributed by atoms with Crippen molar-refractivity contribution in [3.8, 4) is 0 Å². The Labute approximate surface area is 114 Å². The number of fused-ring (bicyclic) bond motifs is 1. The number of carbonyl (C=O) groups excluding carboxylic acids is 1. The fraction of sp³-hybridized carbons (Fsp3) is 0.714. The summed E-state index contributed by atoms with van der Waals surface area (Å²) in [4.78, 5) is 18.8. The molecule has 0 aliphatic carbocycles. The highest BCUT2D eigenvalue weighted by molar-refractivity contribution is 5.92. The summed E-state index contributed by atoms with van der Waals surface area (Å²) in [7, 11) is 0. The summed E-state index contributed by atoms with van der Waals surface area (Å²) in [5.41, 5.74) is 0.597. The molecule has 1 N–H and O–H groups in total. The van der Waals surface area contributed by atoms with Crippen molar-refractivity contribution < 1.29 is 4.79 Å². The van der Waals surface area contributed by atoms with E-state index >= 15 is 0 Å². The predicted molar refractivity (Wildman–Crippen MR) is 74.3 cm³/mol. The number of piperidine rings is 1. The van der Waals surface area contributed by atoms with Gasteiger partial charge in [-0.3, -0.25) is 4.79 Å². The van der Waals surface area contributed by atoms with Gasteiger partial charge < -0.3 is 14.8 Å². The molecule has 0 unspecified atom stereocenters. The maximum atomic E-state index is 12.4. The molecule has 2 aliphatic heterocycles. The monoisotopic (exact) mass is 262 g/mol. The smallest absolute Gasteiger partial charge is 0.274 e. The molecule has 2 aliphatic rings. The molecule has 5 nitrogen and oxygen atoms in total. The summed E-state index contributed by atoms with van der Waals surface area (Å²) in [5.74, 6) is 1.73. The highest BCUT2D eigenvalue weighted by Gasteiger charge is 2.25. The van der Waals surface area contributed by atoms with Crippen LogP contribution in [0.2, 0.25) is 0 Å². The van der Waals surface area contributed by atoms with Crippen LogP contribution >= 0.6 is 0 Å². The molecule has 3 rings (SSSR count). The topological polar surface area (TPSA) is 50.2 Å². The van der Waals surface area contributed by atoms with Crippen molar-refractivity contribution in [3.05, 3.63) is 11.9 Å². The first-order valence-corrected chi connectivity index (χ1v) is 7.38. The lowest BCUT2D eigenvalue weighted by Crippen LogP contribution is -2.38. The van der Waals surface area contributed by atoms with Gasteiger partial charge in [-0.25, -0.2) is 4.98 Å². The zero-order valence-corrected chi connectivity index (χ0v) is 11.6. The zero-order valence-electron chi connectivity index (χ0n) is 11.6. The number of hydrogen-bond donors (Lipinski definition) is 1. The number of amides is 1. The van der Waals surface area contributed by atoms with E-state index in [4.69, 9.17) is 0 Å². The molecule has 1 amide bonds. The van der Waals surface area contributed by atoms with Gasteiger partial charge in [-0.2, -0.15) is 0 Å². The normalized spacial score (nSPS) is 19.9. The second-order valence-electron chi connectivity index (χ2n) is 5.57. The minimum atomic E-state index is 0.0956. The van der Waals surface area contributed by atoms with Crippen LogP contribution in [0.25, 0.3) is 0 Å². The van der Waals surface area contributed by atoms with E-state index in [1.54, 1.807) is 0 Å². The summed E-state index contributed by atoms with van der Waals surface area (Å²) >= 11 is 0. The number of nitrogens with zero attached hydrogens (tertiary/aromatic N) is 3. The predicted octanol–water partition coefficient (Wildman–Crippen LogP) is 1.96. The van der Waals surface area contributed by atoms with E-state index in [9.17, 15) is 4.79 Å². The number of hydrogen-bond acceptors (Lipinski definition) is 3. The van der Waals surface area contributed by atoms with Gasteiger partial charge in [0, 0.05) is 32.4 Å². The Morgan fingerprint density at radius 1 is 1.42 bits per heavy atom. The maximum absolute atomic E-state index is 12.4. The Hall–Kier alpha value is -1.52. The second kappa shape index (κ2) is 5.23. The largest absolute Gasteiger partial charge is 0.356 e. The van der Waals surface area contributed by atoms with Crippen LogP contribution in [0.1, 0.15) is 43.1 Å². The molecule has 0 aromatic carbocycles. The van der Waals surface area contributed by atoms with Gasteiger partial charge in [0.15, 0.2) is 0 Å². The van der Waals surface area contributed by atoms with E-state index in [1.165, 1.54) is 6.42 Å². The highest BCUT2D eigenvalue weighted by atomic mass is 16.2. The third kappa shape index (κ3) is 2.46. The van der Waals surface area contributed by atoms with Crippen molar-refractivity contribution in [1.82, 2.24) is 14.5 Å². The van der Waals surface area contributed by atoms with Crippen LogP contribution in [0.5, 0.6) is 0 Å². The molecule has 0 saturated carbocycles. The lowest BCUT2D eigenvalue weighted by atomic mass is 9.94. The molecule has 0 atom stereocenters. The molecule has 0 bridgehead atoms. The molecule has 1 saturated heterocycles. The van der Waals surface area contributed by atoms with Crippen LogP contribution in [-0.4, -0.2) is 40.0 Å². The van der Waals surface area contributed by atoms with Crippen molar-refractivity contribution >= 4 is 11.9 Å². The fourth-order valence-electron chi connectivity index (χ4n) is 2.99. The Balaban J connectivity index is 1.68. The number of nitrogens with one attached hydrogen (secondary N) is 1. The van der Waals surface area contributed by atoms with E-state index in [0.29, 0.717) is 5.69 Å². The molecular formula is C14H22N4O. The third-order valence-electron chi connectivity index (χ3n) is 4.33. The van der Waals surface area contributed by atoms with Crippen LogP contribution in [-0.2, 0) is 6.54 Å². The van der Waals surface area contributed by atoms with Gasteiger partial charge in [0.1, 0.15) is 5.69 Å². The van der Waals surface area contributed by atoms with Crippen LogP contribution < -0.4 is 5.32 Å². The van der Waals surface area contributed by atoms with Crippen LogP contribution in [0, 0.1) is 5.92 Å². The standard InChI is InChI=1S/C14H22N4O/c1-2-11-4-8-17(9-5-11)13(19)12-10-18-7-3-6-15-14(18)16-12/h10-11H,2-9H2,1H3,(H,15,16). The Morgan fingerprint density at radius 2 is 2.21 bits per heavy atom. The van der Waals surface area contributed by atoms with Crippen LogP contribution in [0.4, 0.5) is 5.95 Å². The third-order valence-corrected chi connectivity index (χ3v) is 4.33. The number of likely N-dealkylation sites (tertiary alicyclic amines) is 1. The van der Waals surface area contributed by atoms with Gasteiger partial charge in [-0.05, 0) is 25.2 Å². The summed E-state index contributed by atoms with van der Waals surface area (Å²) in [6, 6.07) is 0. The van der Waals surface area contributed by atoms with Crippen LogP contribution in [0.15, 0.2) is 6.20 Å². The second-order valence-corrected chi connectivity index (χ2v) is 5.57. The van der Waals surface area contributed by atoms with Gasteiger partial charge >= 0.3 is 0 Å². The summed E-state index contributed by atoms with van der Waals surface area (Å²) in [6.07, 6.45) is 6.49. The van der Waals surface area contributed by atoms with E-state index in [0.717, 1.165) is 57.3 Å². The molecule has 0 spiro atoms. The molecular weight excluding hydrogens is 240 g/mol. The van der Waals surface area contributed by atoms with Crippen molar-refractivity contribution in [3.63, 3.8) is 0 Å². The van der Waals surface area contributed by atoms with E-state index in [2.05, 4.69) is 21.8 Å². The lowest BCUT2D eigenvalue weighted by Gasteiger charge is -2.31. The first kappa shape index (κ1) is 12.5. The highest BCUT2D eigenvalue weighted by Crippen LogP contribution is 2.22. The average molecular weight is 262 g/mol. The lowest BCUT2D eigenvalue weighted by molar-refractivity contribution is 0.0683. The number of aryl methyl sites for hydroxylation is 1. The van der Waals surface area contributed by atoms with Crippen molar-refractivity contribution in [2.75, 3.05) is 25.0 Å². The maximum Gasteiger partial charge on any atom is 0.274 e. The minimum Gasteiger partial charge on any atom is -0.356 e. The molecule has 104 valence electrons. The first-order valence-electron chi connectivity index (χ1n) is 7.38. The molecule has 5 heteroatoms. The Bertz CT molecular complexity index is 437. The van der Waals surface area contributed by atoms with E-state index in [1.807, 2.05) is 11.1 Å². The van der Waals surface area contributed by atoms with Gasteiger partial charge in [-0.15, -0.1) is 0 Å². The summed E-state index contributed by atoms with van der Waals surface area (Å²) in [5, 5.41) is 3.24. The SMILES string of the molecule is CCC1CCN(C(=O)c2cn3c(n2)NCCC3)CC1. The number of rotatable bonds is 2. The molecule has 19 heavy (non-hydrogen) atoms. The zero-order chi connectivity index (χ0) is 13.2. The minimum absolute atomic E-state index is 0.0956. The Morgan fingerprint density at radius 3 is 2.89 bits per heavy atom.